The Balaban J connectivity index is 1.59. The summed E-state index contributed by atoms with van der Waals surface area (Å²) in [6.07, 6.45) is 0.427. The first-order valence-corrected chi connectivity index (χ1v) is 7.22. The molecule has 0 bridgehead atoms. The van der Waals surface area contributed by atoms with Gasteiger partial charge >= 0.3 is 0 Å². The Bertz CT molecular complexity index is 656. The Morgan fingerprint density at radius 1 is 1.14 bits per heavy atom. The normalized spacial score (nSPS) is 14.2. The number of fused-ring (bicyclic) bond motifs is 1. The van der Waals surface area contributed by atoms with Gasteiger partial charge in [0.2, 0.25) is 0 Å². The van der Waals surface area contributed by atoms with Crippen molar-refractivity contribution in [3.05, 3.63) is 70.5 Å². The van der Waals surface area contributed by atoms with E-state index in [1.54, 1.807) is 19.1 Å². The van der Waals surface area contributed by atoms with Crippen LogP contribution in [0.3, 0.4) is 0 Å². The van der Waals surface area contributed by atoms with E-state index in [9.17, 15) is 9.18 Å². The van der Waals surface area contributed by atoms with Crippen molar-refractivity contribution >= 4 is 5.78 Å². The van der Waals surface area contributed by atoms with Crippen LogP contribution in [-0.4, -0.2) is 17.2 Å². The lowest BCUT2D eigenvalue weighted by molar-refractivity contribution is 0.0963. The highest BCUT2D eigenvalue weighted by molar-refractivity contribution is 5.96. The summed E-state index contributed by atoms with van der Waals surface area (Å²) in [5.41, 5.74) is 3.72. The van der Waals surface area contributed by atoms with Crippen LogP contribution < -0.4 is 0 Å². The molecule has 2 aromatic carbocycles. The topological polar surface area (TPSA) is 20.3 Å². The number of aryl methyl sites for hydroxylation is 1. The molecular formula is C18H18FNO. The van der Waals surface area contributed by atoms with E-state index in [-0.39, 0.29) is 11.6 Å². The van der Waals surface area contributed by atoms with Crippen molar-refractivity contribution in [2.45, 2.75) is 26.4 Å². The van der Waals surface area contributed by atoms with E-state index in [0.717, 1.165) is 13.1 Å². The molecule has 0 saturated carbocycles. The molecule has 0 aromatic heterocycles. The van der Waals surface area contributed by atoms with E-state index in [2.05, 4.69) is 17.0 Å². The molecule has 2 nitrogen and oxygen atoms in total. The molecule has 0 atom stereocenters. The number of nitrogens with zero attached hydrogens (tertiary/aromatic N) is 1. The number of Topliss-reactive ketones (excluding diaryl/α,β-unsaturated/α-hetero) is 1. The second-order valence-electron chi connectivity index (χ2n) is 5.62. The van der Waals surface area contributed by atoms with Gasteiger partial charge in [0.15, 0.2) is 5.78 Å². The Kier molecular flexibility index (Phi) is 3.84. The highest BCUT2D eigenvalue weighted by atomic mass is 19.1. The highest BCUT2D eigenvalue weighted by Gasteiger charge is 2.19. The van der Waals surface area contributed by atoms with Gasteiger partial charge in [0.25, 0.3) is 0 Å². The van der Waals surface area contributed by atoms with Crippen LogP contribution in [0.15, 0.2) is 42.5 Å². The molecule has 1 aliphatic heterocycles. The minimum atomic E-state index is -0.311. The van der Waals surface area contributed by atoms with E-state index in [4.69, 9.17) is 0 Å². The molecule has 2 aromatic rings. The second-order valence-corrected chi connectivity index (χ2v) is 5.62. The van der Waals surface area contributed by atoms with Crippen LogP contribution in [0.1, 0.15) is 33.5 Å². The lowest BCUT2D eigenvalue weighted by atomic mass is 10.1. The van der Waals surface area contributed by atoms with Crippen LogP contribution in [0.2, 0.25) is 0 Å². The Labute approximate surface area is 124 Å². The lowest BCUT2D eigenvalue weighted by Gasteiger charge is -2.14. The summed E-state index contributed by atoms with van der Waals surface area (Å²) >= 11 is 0. The summed E-state index contributed by atoms with van der Waals surface area (Å²) in [6.45, 7) is 4.20. The van der Waals surface area contributed by atoms with Gasteiger partial charge in [-0.05, 0) is 29.7 Å². The first-order chi connectivity index (χ1) is 10.1. The molecule has 1 heterocycles. The third-order valence-corrected chi connectivity index (χ3v) is 4.06. The maximum Gasteiger partial charge on any atom is 0.164 e. The number of rotatable bonds is 4. The number of hydrogen-bond donors (Lipinski definition) is 0. The average molecular weight is 283 g/mol. The second kappa shape index (κ2) is 5.78. The van der Waals surface area contributed by atoms with Gasteiger partial charge in [-0.3, -0.25) is 9.69 Å². The lowest BCUT2D eigenvalue weighted by Crippen LogP contribution is -2.20. The third-order valence-electron chi connectivity index (χ3n) is 4.06. The predicted octanol–water partition coefficient (Wildman–Crippen LogP) is 3.72. The molecule has 0 amide bonds. The largest absolute Gasteiger partial charge is 0.294 e. The first kappa shape index (κ1) is 14.0. The Morgan fingerprint density at radius 2 is 1.81 bits per heavy atom. The van der Waals surface area contributed by atoms with Gasteiger partial charge in [-0.15, -0.1) is 0 Å². The highest BCUT2D eigenvalue weighted by Crippen LogP contribution is 2.22. The third kappa shape index (κ3) is 3.03. The average Bonchev–Trinajstić information content (AvgIpc) is 2.90. The summed E-state index contributed by atoms with van der Waals surface area (Å²) in [7, 11) is 0. The van der Waals surface area contributed by atoms with Crippen molar-refractivity contribution in [2.24, 2.45) is 0 Å². The maximum absolute atomic E-state index is 13.5. The van der Waals surface area contributed by atoms with E-state index in [1.165, 1.54) is 17.2 Å². The van der Waals surface area contributed by atoms with Crippen molar-refractivity contribution in [1.82, 2.24) is 4.90 Å². The zero-order valence-electron chi connectivity index (χ0n) is 12.1. The summed E-state index contributed by atoms with van der Waals surface area (Å²) in [6, 6.07) is 13.1. The summed E-state index contributed by atoms with van der Waals surface area (Å²) in [5, 5.41) is 0. The van der Waals surface area contributed by atoms with Crippen molar-refractivity contribution in [2.75, 3.05) is 6.54 Å². The number of hydrogen-bond acceptors (Lipinski definition) is 2. The maximum atomic E-state index is 13.5. The number of ketones is 1. The van der Waals surface area contributed by atoms with Crippen LogP contribution in [0, 0.1) is 12.7 Å². The molecule has 0 unspecified atom stereocenters. The van der Waals surface area contributed by atoms with Crippen LogP contribution in [0.25, 0.3) is 0 Å². The minimum absolute atomic E-state index is 0.00450. The summed E-state index contributed by atoms with van der Waals surface area (Å²) in [5.74, 6) is -0.306. The van der Waals surface area contributed by atoms with Crippen molar-refractivity contribution in [3.8, 4) is 0 Å². The van der Waals surface area contributed by atoms with Crippen molar-refractivity contribution in [1.29, 1.82) is 0 Å². The number of carbonyl (C=O) groups excluding carboxylic acids is 1. The SMILES string of the molecule is Cc1ccc(C(=O)CCN2Cc3ccccc3C2)cc1F. The van der Waals surface area contributed by atoms with Gasteiger partial charge in [0.05, 0.1) is 0 Å². The van der Waals surface area contributed by atoms with E-state index in [1.807, 2.05) is 12.1 Å². The summed E-state index contributed by atoms with van der Waals surface area (Å²) in [4.78, 5) is 14.4. The van der Waals surface area contributed by atoms with Gasteiger partial charge in [-0.2, -0.15) is 0 Å². The predicted molar refractivity (Wildman–Crippen MR) is 80.6 cm³/mol. The molecule has 0 saturated heterocycles. The first-order valence-electron chi connectivity index (χ1n) is 7.22. The molecule has 0 spiro atoms. The van der Waals surface area contributed by atoms with E-state index >= 15 is 0 Å². The van der Waals surface area contributed by atoms with Crippen molar-refractivity contribution < 1.29 is 9.18 Å². The van der Waals surface area contributed by atoms with Gasteiger partial charge in [0, 0.05) is 31.6 Å². The monoisotopic (exact) mass is 283 g/mol. The van der Waals surface area contributed by atoms with Crippen LogP contribution >= 0.6 is 0 Å². The Morgan fingerprint density at radius 3 is 2.43 bits per heavy atom. The quantitative estimate of drug-likeness (QED) is 0.797. The van der Waals surface area contributed by atoms with Crippen LogP contribution in [0.5, 0.6) is 0 Å². The molecule has 0 fully saturated rings. The fourth-order valence-corrected chi connectivity index (χ4v) is 2.73. The number of carbonyl (C=O) groups is 1. The number of benzene rings is 2. The van der Waals surface area contributed by atoms with Gasteiger partial charge in [0.1, 0.15) is 5.82 Å². The van der Waals surface area contributed by atoms with E-state index in [0.29, 0.717) is 24.1 Å². The van der Waals surface area contributed by atoms with Gasteiger partial charge < -0.3 is 0 Å². The zero-order chi connectivity index (χ0) is 14.8. The van der Waals surface area contributed by atoms with Crippen molar-refractivity contribution in [3.63, 3.8) is 0 Å². The molecule has 0 radical (unpaired) electrons. The molecular weight excluding hydrogens is 265 g/mol. The molecule has 0 N–H and O–H groups in total. The molecule has 3 heteroatoms. The fourth-order valence-electron chi connectivity index (χ4n) is 2.73. The van der Waals surface area contributed by atoms with Gasteiger partial charge in [-0.1, -0.05) is 36.4 Å². The molecule has 108 valence electrons. The number of halogens is 1. The molecule has 3 rings (SSSR count). The Hall–Kier alpha value is -2.00. The molecule has 1 aliphatic rings. The standard InChI is InChI=1S/C18H18FNO/c1-13-6-7-14(10-17(13)19)18(21)8-9-20-11-15-4-2-3-5-16(15)12-20/h2-7,10H,8-9,11-12H2,1H3. The molecule has 0 aliphatic carbocycles. The van der Waals surface area contributed by atoms with E-state index < -0.39 is 0 Å². The molecule has 21 heavy (non-hydrogen) atoms. The fraction of sp³-hybridized carbons (Fsp3) is 0.278. The summed E-state index contributed by atoms with van der Waals surface area (Å²) < 4.78 is 13.5. The smallest absolute Gasteiger partial charge is 0.164 e. The zero-order valence-corrected chi connectivity index (χ0v) is 12.1. The van der Waals surface area contributed by atoms with Crippen LogP contribution in [0.4, 0.5) is 4.39 Å². The van der Waals surface area contributed by atoms with Crippen LogP contribution in [-0.2, 0) is 13.1 Å². The minimum Gasteiger partial charge on any atom is -0.294 e. The van der Waals surface area contributed by atoms with Gasteiger partial charge in [-0.25, -0.2) is 4.39 Å².